The first-order valence-corrected chi connectivity index (χ1v) is 9.31. The van der Waals surface area contributed by atoms with Gasteiger partial charge in [-0.1, -0.05) is 19.3 Å². The van der Waals surface area contributed by atoms with E-state index in [-0.39, 0.29) is 17.9 Å². The SMILES string of the molecule is CCn1cnnc1NC(=O)c1ccc2c(c1)C(=O)N(C1CCCCC1)C2=O. The van der Waals surface area contributed by atoms with Crippen molar-refractivity contribution in [2.24, 2.45) is 0 Å². The van der Waals surface area contributed by atoms with Gasteiger partial charge in [0.2, 0.25) is 5.95 Å². The van der Waals surface area contributed by atoms with E-state index in [0.717, 1.165) is 32.1 Å². The van der Waals surface area contributed by atoms with Crippen molar-refractivity contribution in [2.45, 2.75) is 51.6 Å². The Morgan fingerprint density at radius 2 is 1.89 bits per heavy atom. The maximum atomic E-state index is 12.8. The van der Waals surface area contributed by atoms with Crippen LogP contribution < -0.4 is 5.32 Å². The van der Waals surface area contributed by atoms with Gasteiger partial charge in [-0.25, -0.2) is 0 Å². The fraction of sp³-hybridized carbons (Fsp3) is 0.421. The van der Waals surface area contributed by atoms with Crippen molar-refractivity contribution >= 4 is 23.7 Å². The minimum absolute atomic E-state index is 0.0356. The summed E-state index contributed by atoms with van der Waals surface area (Å²) in [5.41, 5.74) is 0.986. The molecule has 1 aliphatic carbocycles. The van der Waals surface area contributed by atoms with Crippen LogP contribution in [0, 0.1) is 0 Å². The van der Waals surface area contributed by atoms with Crippen LogP contribution in [0.3, 0.4) is 0 Å². The molecule has 2 aliphatic rings. The Bertz CT molecular complexity index is 914. The van der Waals surface area contributed by atoms with Gasteiger partial charge < -0.3 is 0 Å². The molecule has 1 aliphatic heterocycles. The maximum Gasteiger partial charge on any atom is 0.261 e. The number of anilines is 1. The lowest BCUT2D eigenvalue weighted by Crippen LogP contribution is -2.40. The Labute approximate surface area is 156 Å². The van der Waals surface area contributed by atoms with E-state index in [1.165, 1.54) is 17.3 Å². The van der Waals surface area contributed by atoms with Crippen molar-refractivity contribution in [1.29, 1.82) is 0 Å². The van der Waals surface area contributed by atoms with Gasteiger partial charge in [-0.05, 0) is 38.0 Å². The molecule has 1 aromatic heterocycles. The predicted molar refractivity (Wildman–Crippen MR) is 97.5 cm³/mol. The first kappa shape index (κ1) is 17.4. The molecular weight excluding hydrogens is 346 g/mol. The Morgan fingerprint density at radius 1 is 1.15 bits per heavy atom. The number of fused-ring (bicyclic) bond motifs is 1. The second kappa shape index (κ2) is 6.94. The third-order valence-electron chi connectivity index (χ3n) is 5.30. The molecule has 1 saturated carbocycles. The fourth-order valence-corrected chi connectivity index (χ4v) is 3.83. The molecule has 140 valence electrons. The summed E-state index contributed by atoms with van der Waals surface area (Å²) in [7, 11) is 0. The van der Waals surface area contributed by atoms with E-state index in [0.29, 0.717) is 29.2 Å². The average molecular weight is 367 g/mol. The molecule has 0 saturated heterocycles. The van der Waals surface area contributed by atoms with E-state index < -0.39 is 5.91 Å². The van der Waals surface area contributed by atoms with E-state index in [1.54, 1.807) is 16.7 Å². The summed E-state index contributed by atoms with van der Waals surface area (Å²) < 4.78 is 1.70. The second-order valence-electron chi connectivity index (χ2n) is 6.93. The monoisotopic (exact) mass is 367 g/mol. The molecule has 1 N–H and O–H groups in total. The molecule has 3 amide bonds. The molecule has 27 heavy (non-hydrogen) atoms. The smallest absolute Gasteiger partial charge is 0.261 e. The molecule has 1 fully saturated rings. The zero-order valence-electron chi connectivity index (χ0n) is 15.1. The zero-order chi connectivity index (χ0) is 19.0. The summed E-state index contributed by atoms with van der Waals surface area (Å²) in [5, 5.41) is 10.3. The number of hydrogen-bond donors (Lipinski definition) is 1. The molecule has 0 spiro atoms. The average Bonchev–Trinajstić information content (AvgIpc) is 3.24. The molecule has 0 atom stereocenters. The Balaban J connectivity index is 1.58. The minimum Gasteiger partial charge on any atom is -0.300 e. The van der Waals surface area contributed by atoms with Crippen LogP contribution in [-0.2, 0) is 6.54 Å². The van der Waals surface area contributed by atoms with Crippen molar-refractivity contribution in [3.05, 3.63) is 41.2 Å². The van der Waals surface area contributed by atoms with Gasteiger partial charge in [-0.3, -0.25) is 29.2 Å². The topological polar surface area (TPSA) is 97.2 Å². The van der Waals surface area contributed by atoms with Crippen LogP contribution in [0.25, 0.3) is 0 Å². The van der Waals surface area contributed by atoms with Crippen LogP contribution in [0.4, 0.5) is 5.95 Å². The number of aryl methyl sites for hydroxylation is 1. The molecule has 1 aromatic carbocycles. The van der Waals surface area contributed by atoms with Crippen molar-refractivity contribution in [2.75, 3.05) is 5.32 Å². The van der Waals surface area contributed by atoms with Crippen LogP contribution in [-0.4, -0.2) is 43.4 Å². The number of aromatic nitrogens is 3. The minimum atomic E-state index is -0.392. The Kier molecular flexibility index (Phi) is 4.47. The molecule has 8 nitrogen and oxygen atoms in total. The largest absolute Gasteiger partial charge is 0.300 e. The zero-order valence-corrected chi connectivity index (χ0v) is 15.1. The van der Waals surface area contributed by atoms with E-state index in [9.17, 15) is 14.4 Å². The van der Waals surface area contributed by atoms with Crippen molar-refractivity contribution in [3.8, 4) is 0 Å². The molecule has 0 bridgehead atoms. The van der Waals surface area contributed by atoms with Gasteiger partial charge in [0.25, 0.3) is 17.7 Å². The number of amides is 3. The van der Waals surface area contributed by atoms with E-state index in [2.05, 4.69) is 15.5 Å². The standard InChI is InChI=1S/C19H21N5O3/c1-2-23-11-20-22-19(23)21-16(25)12-8-9-14-15(10-12)18(27)24(17(14)26)13-6-4-3-5-7-13/h8-11,13H,2-7H2,1H3,(H,21,22,25). The van der Waals surface area contributed by atoms with Gasteiger partial charge >= 0.3 is 0 Å². The molecule has 2 aromatic rings. The van der Waals surface area contributed by atoms with Crippen LogP contribution in [0.15, 0.2) is 24.5 Å². The van der Waals surface area contributed by atoms with Gasteiger partial charge in [-0.15, -0.1) is 10.2 Å². The number of nitrogens with one attached hydrogen (secondary N) is 1. The van der Waals surface area contributed by atoms with E-state index in [4.69, 9.17) is 0 Å². The van der Waals surface area contributed by atoms with Gasteiger partial charge in [0, 0.05) is 18.2 Å². The van der Waals surface area contributed by atoms with Crippen molar-refractivity contribution in [1.82, 2.24) is 19.7 Å². The number of hydrogen-bond acceptors (Lipinski definition) is 5. The molecule has 0 radical (unpaired) electrons. The first-order valence-electron chi connectivity index (χ1n) is 9.31. The lowest BCUT2D eigenvalue weighted by Gasteiger charge is -2.29. The number of nitrogens with zero attached hydrogens (tertiary/aromatic N) is 4. The molecular formula is C19H21N5O3. The second-order valence-corrected chi connectivity index (χ2v) is 6.93. The third-order valence-corrected chi connectivity index (χ3v) is 5.30. The van der Waals surface area contributed by atoms with Crippen molar-refractivity contribution < 1.29 is 14.4 Å². The molecule has 8 heteroatoms. The highest BCUT2D eigenvalue weighted by Crippen LogP contribution is 2.31. The van der Waals surface area contributed by atoms with Crippen LogP contribution >= 0.6 is 0 Å². The van der Waals surface area contributed by atoms with Crippen LogP contribution in [0.1, 0.15) is 70.1 Å². The fourth-order valence-electron chi connectivity index (χ4n) is 3.83. The maximum absolute atomic E-state index is 12.8. The highest BCUT2D eigenvalue weighted by molar-refractivity contribution is 6.22. The molecule has 2 heterocycles. The van der Waals surface area contributed by atoms with Gasteiger partial charge in [-0.2, -0.15) is 0 Å². The summed E-state index contributed by atoms with van der Waals surface area (Å²) in [6.45, 7) is 2.54. The van der Waals surface area contributed by atoms with E-state index in [1.807, 2.05) is 6.92 Å². The lowest BCUT2D eigenvalue weighted by molar-refractivity contribution is 0.0549. The van der Waals surface area contributed by atoms with Crippen molar-refractivity contribution in [3.63, 3.8) is 0 Å². The number of imide groups is 1. The summed E-state index contributed by atoms with van der Waals surface area (Å²) >= 11 is 0. The van der Waals surface area contributed by atoms with Gasteiger partial charge in [0.15, 0.2) is 0 Å². The van der Waals surface area contributed by atoms with Crippen LogP contribution in [0.5, 0.6) is 0 Å². The third kappa shape index (κ3) is 3.01. The lowest BCUT2D eigenvalue weighted by atomic mass is 9.94. The summed E-state index contributed by atoms with van der Waals surface area (Å²) in [6, 6.07) is 4.60. The molecule has 0 unspecified atom stereocenters. The number of carbonyl (C=O) groups excluding carboxylic acids is 3. The Morgan fingerprint density at radius 3 is 2.63 bits per heavy atom. The highest BCUT2D eigenvalue weighted by Gasteiger charge is 2.40. The van der Waals surface area contributed by atoms with Gasteiger partial charge in [0.05, 0.1) is 11.1 Å². The normalized spacial score (nSPS) is 17.3. The van der Waals surface area contributed by atoms with Crippen LogP contribution in [0.2, 0.25) is 0 Å². The predicted octanol–water partition coefficient (Wildman–Crippen LogP) is 2.48. The number of carbonyl (C=O) groups is 3. The van der Waals surface area contributed by atoms with E-state index >= 15 is 0 Å². The summed E-state index contributed by atoms with van der Waals surface area (Å²) in [4.78, 5) is 39.5. The Hall–Kier alpha value is -3.03. The first-order chi connectivity index (χ1) is 13.1. The molecule has 4 rings (SSSR count). The van der Waals surface area contributed by atoms with Gasteiger partial charge in [0.1, 0.15) is 6.33 Å². The summed E-state index contributed by atoms with van der Waals surface area (Å²) in [6.07, 6.45) is 6.44. The highest BCUT2D eigenvalue weighted by atomic mass is 16.2. The quantitative estimate of drug-likeness (QED) is 0.837. The number of benzene rings is 1. The summed E-state index contributed by atoms with van der Waals surface area (Å²) in [5.74, 6) is -0.598. The number of rotatable bonds is 4.